The number of benzene rings is 2. The van der Waals surface area contributed by atoms with Gasteiger partial charge in [-0.15, -0.1) is 0 Å². The Morgan fingerprint density at radius 2 is 1.66 bits per heavy atom. The Morgan fingerprint density at radius 1 is 0.897 bits per heavy atom. The summed E-state index contributed by atoms with van der Waals surface area (Å²) in [7, 11) is 0. The third-order valence-corrected chi connectivity index (χ3v) is 4.49. The van der Waals surface area contributed by atoms with E-state index in [9.17, 15) is 0 Å². The topological polar surface area (TPSA) is 0 Å². The van der Waals surface area contributed by atoms with E-state index in [-0.39, 0.29) is 0 Å². The van der Waals surface area contributed by atoms with Crippen molar-refractivity contribution in [2.75, 3.05) is 5.33 Å². The minimum atomic E-state index is 0.911. The van der Waals surface area contributed by atoms with Crippen LogP contribution in [0, 0.1) is 13.8 Å². The highest BCUT2D eigenvalue weighted by atomic mass is 79.9. The molecule has 0 atom stereocenters. The predicted octanol–water partition coefficient (Wildman–Crippen LogP) is 8.35. The molecule has 0 bridgehead atoms. The van der Waals surface area contributed by atoms with Crippen LogP contribution in [0.5, 0.6) is 0 Å². The zero-order chi connectivity index (χ0) is 21.3. The summed E-state index contributed by atoms with van der Waals surface area (Å²) in [6, 6.07) is 16.9. The Morgan fingerprint density at radius 3 is 2.34 bits per heavy atom. The van der Waals surface area contributed by atoms with Gasteiger partial charge in [-0.2, -0.15) is 0 Å². The number of hydrogen-bond donors (Lipinski definition) is 0. The van der Waals surface area contributed by atoms with Gasteiger partial charge in [-0.05, 0) is 42.5 Å². The largest absolute Gasteiger partial charge is 0.0991 e. The summed E-state index contributed by atoms with van der Waals surface area (Å²) >= 11 is 3.25. The van der Waals surface area contributed by atoms with Gasteiger partial charge >= 0.3 is 0 Å². The number of aryl methyl sites for hydroxylation is 2. The Balaban J connectivity index is 0.000000447. The first-order valence-corrected chi connectivity index (χ1v) is 10.8. The molecule has 0 saturated heterocycles. The average Bonchev–Trinajstić information content (AvgIpc) is 2.72. The number of halogens is 1. The second-order valence-electron chi connectivity index (χ2n) is 6.52. The van der Waals surface area contributed by atoms with Gasteiger partial charge in [0, 0.05) is 5.33 Å². The second kappa shape index (κ2) is 15.3. The molecule has 0 spiro atoms. The number of allylic oxidation sites excluding steroid dienone is 10. The lowest BCUT2D eigenvalue weighted by molar-refractivity contribution is 1.21. The van der Waals surface area contributed by atoms with E-state index >= 15 is 0 Å². The normalized spacial score (nSPS) is 11.3. The summed E-state index contributed by atoms with van der Waals surface area (Å²) < 4.78 is 0. The van der Waals surface area contributed by atoms with Crippen molar-refractivity contribution in [3.63, 3.8) is 0 Å². The lowest BCUT2D eigenvalue weighted by Crippen LogP contribution is -1.84. The Labute approximate surface area is 185 Å². The number of rotatable bonds is 8. The number of hydrogen-bond acceptors (Lipinski definition) is 0. The van der Waals surface area contributed by atoms with E-state index in [1.165, 1.54) is 22.3 Å². The van der Waals surface area contributed by atoms with E-state index in [1.807, 2.05) is 24.3 Å². The summed E-state index contributed by atoms with van der Waals surface area (Å²) in [4.78, 5) is 0. The molecular formula is C28H31Br. The third kappa shape index (κ3) is 11.1. The first-order valence-electron chi connectivity index (χ1n) is 9.72. The van der Waals surface area contributed by atoms with Crippen LogP contribution >= 0.6 is 15.9 Å². The minimum absolute atomic E-state index is 0.911. The fraction of sp³-hybridized carbons (Fsp3) is 0.143. The molecule has 1 heteroatoms. The maximum absolute atomic E-state index is 4.12. The van der Waals surface area contributed by atoms with Crippen molar-refractivity contribution in [2.45, 2.75) is 20.3 Å². The van der Waals surface area contributed by atoms with Crippen LogP contribution in [0.2, 0.25) is 0 Å². The van der Waals surface area contributed by atoms with Crippen LogP contribution in [-0.4, -0.2) is 5.33 Å². The molecule has 0 amide bonds. The molecule has 0 radical (unpaired) electrons. The van der Waals surface area contributed by atoms with Crippen molar-refractivity contribution in [3.05, 3.63) is 139 Å². The van der Waals surface area contributed by atoms with E-state index in [4.69, 9.17) is 0 Å². The summed E-state index contributed by atoms with van der Waals surface area (Å²) in [6.45, 7) is 11.9. The molecule has 0 N–H and O–H groups in total. The molecular weight excluding hydrogens is 416 g/mol. The molecule has 0 nitrogen and oxygen atoms in total. The molecule has 0 aliphatic rings. The lowest BCUT2D eigenvalue weighted by atomic mass is 10.0. The zero-order valence-corrected chi connectivity index (χ0v) is 19.1. The first kappa shape index (κ1) is 24.4. The van der Waals surface area contributed by atoms with Gasteiger partial charge in [-0.3, -0.25) is 0 Å². The molecule has 0 aromatic heterocycles. The highest BCUT2D eigenvalue weighted by Gasteiger charge is 1.94. The van der Waals surface area contributed by atoms with E-state index in [0.717, 1.165) is 17.3 Å². The molecule has 150 valence electrons. The van der Waals surface area contributed by atoms with Crippen LogP contribution in [0.25, 0.3) is 5.57 Å². The van der Waals surface area contributed by atoms with Gasteiger partial charge in [0.25, 0.3) is 0 Å². The van der Waals surface area contributed by atoms with Gasteiger partial charge in [0.2, 0.25) is 0 Å². The molecule has 0 unspecified atom stereocenters. The highest BCUT2D eigenvalue weighted by Crippen LogP contribution is 2.15. The molecule has 0 saturated carbocycles. The van der Waals surface area contributed by atoms with E-state index in [1.54, 1.807) is 6.08 Å². The predicted molar refractivity (Wildman–Crippen MR) is 136 cm³/mol. The van der Waals surface area contributed by atoms with Crippen LogP contribution in [0.1, 0.15) is 22.3 Å². The highest BCUT2D eigenvalue weighted by molar-refractivity contribution is 9.09. The van der Waals surface area contributed by atoms with Gasteiger partial charge in [0.1, 0.15) is 0 Å². The zero-order valence-electron chi connectivity index (χ0n) is 17.5. The van der Waals surface area contributed by atoms with Gasteiger partial charge in [0.05, 0.1) is 0 Å². The fourth-order valence-electron chi connectivity index (χ4n) is 2.50. The maximum atomic E-state index is 4.12. The van der Waals surface area contributed by atoms with E-state index < -0.39 is 0 Å². The molecule has 0 aliphatic heterocycles. The van der Waals surface area contributed by atoms with Crippen molar-refractivity contribution in [3.8, 4) is 0 Å². The summed E-state index contributed by atoms with van der Waals surface area (Å²) in [5.41, 5.74) is 6.20. The Hall–Kier alpha value is -2.64. The summed E-state index contributed by atoms with van der Waals surface area (Å²) in [5, 5.41) is 0.911. The number of alkyl halides is 1. The molecule has 2 aromatic rings. The molecule has 29 heavy (non-hydrogen) atoms. The van der Waals surface area contributed by atoms with Crippen molar-refractivity contribution in [2.24, 2.45) is 0 Å². The average molecular weight is 447 g/mol. The van der Waals surface area contributed by atoms with Crippen LogP contribution in [0.15, 0.2) is 116 Å². The summed E-state index contributed by atoms with van der Waals surface area (Å²) in [5.74, 6) is 0. The van der Waals surface area contributed by atoms with Crippen molar-refractivity contribution >= 4 is 21.5 Å². The lowest BCUT2D eigenvalue weighted by Gasteiger charge is -2.01. The SMILES string of the molecule is C=C(/C=C\C=C/Cc1ccccc1C)c1cccc(C)c1.C=C/C=C\C=C/CBr. The van der Waals surface area contributed by atoms with Crippen LogP contribution in [-0.2, 0) is 6.42 Å². The second-order valence-corrected chi connectivity index (χ2v) is 7.16. The van der Waals surface area contributed by atoms with Crippen LogP contribution in [0.4, 0.5) is 0 Å². The molecule has 0 aliphatic carbocycles. The first-order chi connectivity index (χ1) is 14.1. The molecule has 0 heterocycles. The van der Waals surface area contributed by atoms with Gasteiger partial charge in [0.15, 0.2) is 0 Å². The standard InChI is InChI=1S/C21H22.C7H9Br/c1-17-10-9-15-21(16-17)19(3)11-5-4-6-13-20-14-8-7-12-18(20)2;1-2-3-4-5-6-7-8/h4-12,14-16H,3,13H2,1-2H3;2-6H,1,7H2/b6-4-,11-5-;4-3-,6-5-. The third-order valence-electron chi connectivity index (χ3n) is 4.12. The van der Waals surface area contributed by atoms with E-state index in [2.05, 4.69) is 116 Å². The van der Waals surface area contributed by atoms with Crippen LogP contribution < -0.4 is 0 Å². The summed E-state index contributed by atoms with van der Waals surface area (Å²) in [6.07, 6.45) is 18.9. The minimum Gasteiger partial charge on any atom is -0.0991 e. The van der Waals surface area contributed by atoms with Gasteiger partial charge < -0.3 is 0 Å². The fourth-order valence-corrected chi connectivity index (χ4v) is 2.71. The van der Waals surface area contributed by atoms with Crippen LogP contribution in [0.3, 0.4) is 0 Å². The monoisotopic (exact) mass is 446 g/mol. The molecule has 2 rings (SSSR count). The quantitative estimate of drug-likeness (QED) is 0.282. The Kier molecular flexibility index (Phi) is 12.9. The maximum Gasteiger partial charge on any atom is 0.0215 e. The Bertz CT molecular complexity index is 879. The van der Waals surface area contributed by atoms with Crippen molar-refractivity contribution in [1.82, 2.24) is 0 Å². The smallest absolute Gasteiger partial charge is 0.0215 e. The molecule has 2 aromatic carbocycles. The van der Waals surface area contributed by atoms with E-state index in [0.29, 0.717) is 0 Å². The van der Waals surface area contributed by atoms with Gasteiger partial charge in [-0.25, -0.2) is 0 Å². The van der Waals surface area contributed by atoms with Crippen molar-refractivity contribution < 1.29 is 0 Å². The molecule has 0 fully saturated rings. The van der Waals surface area contributed by atoms with Gasteiger partial charge in [-0.1, -0.05) is 138 Å². The van der Waals surface area contributed by atoms with Crippen molar-refractivity contribution in [1.29, 1.82) is 0 Å².